The van der Waals surface area contributed by atoms with Crippen LogP contribution in [-0.4, -0.2) is 26.1 Å². The number of rotatable bonds is 6. The molecule has 1 unspecified atom stereocenters. The van der Waals surface area contributed by atoms with Crippen LogP contribution >= 0.6 is 0 Å². The summed E-state index contributed by atoms with van der Waals surface area (Å²) in [6.45, 7) is 0.817. The monoisotopic (exact) mass is 380 g/mol. The molecule has 0 radical (unpaired) electrons. The number of hydrogen-bond acceptors (Lipinski definition) is 4. The van der Waals surface area contributed by atoms with E-state index >= 15 is 0 Å². The van der Waals surface area contributed by atoms with Crippen molar-refractivity contribution in [2.24, 2.45) is 0 Å². The molecule has 146 valence electrons. The molecule has 1 heterocycles. The van der Waals surface area contributed by atoms with E-state index < -0.39 is 12.6 Å². The zero-order valence-corrected chi connectivity index (χ0v) is 15.0. The molecule has 2 N–H and O–H groups in total. The summed E-state index contributed by atoms with van der Waals surface area (Å²) in [6, 6.07) is 16.0. The number of benzene rings is 2. The minimum absolute atomic E-state index is 0.103. The van der Waals surface area contributed by atoms with Crippen LogP contribution in [0.1, 0.15) is 36.2 Å². The first-order valence-corrected chi connectivity index (χ1v) is 8.90. The Balaban J connectivity index is 1.88. The normalized spacial score (nSPS) is 21.6. The van der Waals surface area contributed by atoms with Crippen molar-refractivity contribution in [3.05, 3.63) is 65.7 Å². The van der Waals surface area contributed by atoms with Gasteiger partial charge in [-0.15, -0.1) is 13.2 Å². The molecule has 1 saturated heterocycles. The van der Waals surface area contributed by atoms with E-state index in [9.17, 15) is 13.2 Å². The fraction of sp³-hybridized carbons (Fsp3) is 0.400. The Morgan fingerprint density at radius 1 is 1.07 bits per heavy atom. The maximum absolute atomic E-state index is 13.1. The van der Waals surface area contributed by atoms with Gasteiger partial charge in [-0.2, -0.15) is 0 Å². The number of piperidine rings is 1. The minimum atomic E-state index is -4.77. The highest BCUT2D eigenvalue weighted by Gasteiger charge is 2.38. The number of ether oxygens (including phenoxy) is 2. The van der Waals surface area contributed by atoms with Crippen LogP contribution in [0, 0.1) is 0 Å². The SMILES string of the molecule is COc1ccccc1C(N[C@H]1CCCN[C@H]1c1ccccc1)OC(F)(F)F. The molecule has 0 bridgehead atoms. The zero-order valence-electron chi connectivity index (χ0n) is 15.0. The van der Waals surface area contributed by atoms with Crippen LogP contribution in [0.25, 0.3) is 0 Å². The van der Waals surface area contributed by atoms with Gasteiger partial charge < -0.3 is 10.1 Å². The summed E-state index contributed by atoms with van der Waals surface area (Å²) in [5, 5.41) is 6.47. The average Bonchev–Trinajstić information content (AvgIpc) is 2.67. The summed E-state index contributed by atoms with van der Waals surface area (Å²) in [7, 11) is 1.43. The molecule has 3 atom stereocenters. The van der Waals surface area contributed by atoms with E-state index in [2.05, 4.69) is 15.4 Å². The maximum atomic E-state index is 13.1. The second-order valence-corrected chi connectivity index (χ2v) is 6.44. The molecule has 1 aliphatic heterocycles. The smallest absolute Gasteiger partial charge is 0.496 e. The first-order valence-electron chi connectivity index (χ1n) is 8.90. The fourth-order valence-electron chi connectivity index (χ4n) is 3.48. The highest BCUT2D eigenvalue weighted by molar-refractivity contribution is 5.35. The van der Waals surface area contributed by atoms with Crippen LogP contribution in [-0.2, 0) is 4.74 Å². The van der Waals surface area contributed by atoms with E-state index in [1.54, 1.807) is 24.3 Å². The third-order valence-electron chi connectivity index (χ3n) is 4.66. The van der Waals surface area contributed by atoms with E-state index in [1.165, 1.54) is 7.11 Å². The Hall–Kier alpha value is -2.09. The Morgan fingerprint density at radius 3 is 2.48 bits per heavy atom. The van der Waals surface area contributed by atoms with Gasteiger partial charge in [0.15, 0.2) is 0 Å². The summed E-state index contributed by atoms with van der Waals surface area (Å²) < 4.78 is 48.9. The third-order valence-corrected chi connectivity index (χ3v) is 4.66. The summed E-state index contributed by atoms with van der Waals surface area (Å²) in [5.41, 5.74) is 1.34. The summed E-state index contributed by atoms with van der Waals surface area (Å²) in [5.74, 6) is 0.347. The first-order chi connectivity index (χ1) is 13.0. The molecule has 4 nitrogen and oxygen atoms in total. The largest absolute Gasteiger partial charge is 0.524 e. The van der Waals surface area contributed by atoms with E-state index in [0.29, 0.717) is 11.3 Å². The molecule has 27 heavy (non-hydrogen) atoms. The van der Waals surface area contributed by atoms with Crippen molar-refractivity contribution in [1.29, 1.82) is 0 Å². The number of methoxy groups -OCH3 is 1. The predicted molar refractivity (Wildman–Crippen MR) is 96.2 cm³/mol. The Kier molecular flexibility index (Phi) is 6.36. The van der Waals surface area contributed by atoms with Crippen molar-refractivity contribution in [2.45, 2.75) is 37.5 Å². The maximum Gasteiger partial charge on any atom is 0.524 e. The van der Waals surface area contributed by atoms with Gasteiger partial charge in [0.2, 0.25) is 0 Å². The van der Waals surface area contributed by atoms with Crippen LogP contribution in [0.15, 0.2) is 54.6 Å². The van der Waals surface area contributed by atoms with Gasteiger partial charge in [0.05, 0.1) is 7.11 Å². The molecule has 3 rings (SSSR count). The van der Waals surface area contributed by atoms with E-state index in [1.807, 2.05) is 30.3 Å². The van der Waals surface area contributed by atoms with Crippen molar-refractivity contribution in [3.63, 3.8) is 0 Å². The highest BCUT2D eigenvalue weighted by atomic mass is 19.4. The molecule has 1 fully saturated rings. The topological polar surface area (TPSA) is 42.5 Å². The van der Waals surface area contributed by atoms with Gasteiger partial charge in [-0.25, -0.2) is 0 Å². The number of halogens is 3. The average molecular weight is 380 g/mol. The predicted octanol–water partition coefficient (Wildman–Crippen LogP) is 4.31. The lowest BCUT2D eigenvalue weighted by atomic mass is 9.92. The highest BCUT2D eigenvalue weighted by Crippen LogP contribution is 2.34. The zero-order chi connectivity index (χ0) is 19.3. The van der Waals surface area contributed by atoms with Crippen LogP contribution in [0.2, 0.25) is 0 Å². The van der Waals surface area contributed by atoms with E-state index in [-0.39, 0.29) is 12.1 Å². The van der Waals surface area contributed by atoms with Crippen molar-refractivity contribution in [3.8, 4) is 5.75 Å². The van der Waals surface area contributed by atoms with Gasteiger partial charge in [0.1, 0.15) is 12.0 Å². The lowest BCUT2D eigenvalue weighted by molar-refractivity contribution is -0.350. The van der Waals surface area contributed by atoms with Crippen LogP contribution < -0.4 is 15.4 Å². The number of nitrogens with one attached hydrogen (secondary N) is 2. The lowest BCUT2D eigenvalue weighted by Gasteiger charge is -2.36. The summed E-state index contributed by atoms with van der Waals surface area (Å²) in [4.78, 5) is 0. The molecule has 2 aromatic rings. The van der Waals surface area contributed by atoms with Crippen LogP contribution in [0.3, 0.4) is 0 Å². The second kappa shape index (κ2) is 8.73. The lowest BCUT2D eigenvalue weighted by Crippen LogP contribution is -2.48. The van der Waals surface area contributed by atoms with E-state index in [4.69, 9.17) is 4.74 Å². The fourth-order valence-corrected chi connectivity index (χ4v) is 3.48. The van der Waals surface area contributed by atoms with Crippen molar-refractivity contribution >= 4 is 0 Å². The number of para-hydroxylation sites is 1. The molecule has 0 spiro atoms. The van der Waals surface area contributed by atoms with Gasteiger partial charge in [0.25, 0.3) is 0 Å². The number of hydrogen-bond donors (Lipinski definition) is 2. The standard InChI is InChI=1S/C20H23F3N2O2/c1-26-17-12-6-5-10-15(17)19(27-20(21,22)23)25-16-11-7-13-24-18(16)14-8-3-2-4-9-14/h2-6,8-10,12,16,18-19,24-25H,7,11,13H2,1H3/t16-,18-,19?/m0/s1. The first kappa shape index (κ1) is 19.7. The quantitative estimate of drug-likeness (QED) is 0.733. The second-order valence-electron chi connectivity index (χ2n) is 6.44. The summed E-state index contributed by atoms with van der Waals surface area (Å²) >= 11 is 0. The Morgan fingerprint density at radius 2 is 1.78 bits per heavy atom. The third kappa shape index (κ3) is 5.22. The molecule has 0 aliphatic carbocycles. The van der Waals surface area contributed by atoms with Crippen molar-refractivity contribution in [2.75, 3.05) is 13.7 Å². The Bertz CT molecular complexity index is 725. The molecule has 0 amide bonds. The molecular formula is C20H23F3N2O2. The molecule has 0 aromatic heterocycles. The van der Waals surface area contributed by atoms with Gasteiger partial charge in [-0.05, 0) is 31.0 Å². The number of alkyl halides is 3. The van der Waals surface area contributed by atoms with Crippen molar-refractivity contribution < 1.29 is 22.6 Å². The van der Waals surface area contributed by atoms with E-state index in [0.717, 1.165) is 24.9 Å². The van der Waals surface area contributed by atoms with Gasteiger partial charge in [-0.3, -0.25) is 10.1 Å². The van der Waals surface area contributed by atoms with Gasteiger partial charge in [0, 0.05) is 17.6 Å². The van der Waals surface area contributed by atoms with Crippen molar-refractivity contribution in [1.82, 2.24) is 10.6 Å². The molecule has 0 saturated carbocycles. The summed E-state index contributed by atoms with van der Waals surface area (Å²) in [6.07, 6.45) is -4.54. The molecular weight excluding hydrogens is 357 g/mol. The van der Waals surface area contributed by atoms with Crippen LogP contribution in [0.4, 0.5) is 13.2 Å². The Labute approximate surface area is 156 Å². The minimum Gasteiger partial charge on any atom is -0.496 e. The molecule has 7 heteroatoms. The van der Waals surface area contributed by atoms with Crippen LogP contribution in [0.5, 0.6) is 5.75 Å². The molecule has 2 aromatic carbocycles. The van der Waals surface area contributed by atoms with Gasteiger partial charge in [-0.1, -0.05) is 48.5 Å². The molecule has 1 aliphatic rings. The van der Waals surface area contributed by atoms with Gasteiger partial charge >= 0.3 is 6.36 Å².